The quantitative estimate of drug-likeness (QED) is 0.436. The second-order valence-electron chi connectivity index (χ2n) is 6.96. The predicted octanol–water partition coefficient (Wildman–Crippen LogP) is 4.99. The molecule has 7 heteroatoms. The number of carbonyl (C=O) groups excluding carboxylic acids is 2. The zero-order valence-electron chi connectivity index (χ0n) is 17.0. The molecule has 2 aromatic carbocycles. The molecule has 2 heterocycles. The normalized spacial score (nSPS) is 11.5. The second kappa shape index (κ2) is 9.98. The van der Waals surface area contributed by atoms with Gasteiger partial charge < -0.3 is 5.32 Å². The van der Waals surface area contributed by atoms with Gasteiger partial charge in [-0.05, 0) is 41.3 Å². The third-order valence-corrected chi connectivity index (χ3v) is 5.77. The number of hydrogen-bond acceptors (Lipinski definition) is 4. The molecule has 0 saturated heterocycles. The highest BCUT2D eigenvalue weighted by molar-refractivity contribution is 7.10. The van der Waals surface area contributed by atoms with E-state index in [1.165, 1.54) is 40.6 Å². The lowest BCUT2D eigenvalue weighted by molar-refractivity contribution is -0.122. The van der Waals surface area contributed by atoms with Crippen molar-refractivity contribution < 1.29 is 14.0 Å². The number of anilines is 1. The molecule has 0 aliphatic heterocycles. The standard InChI is InChI=1S/C25H20FN3O2S/c26-19-11-4-5-13-21(19)29(25(31)20-12-6-7-15-27-20)23(22-14-8-16-32-22)24(30)28-17-18-9-2-1-3-10-18/h1-16,23H,17H2,(H,28,30)/t23-/m1/s1. The molecule has 32 heavy (non-hydrogen) atoms. The summed E-state index contributed by atoms with van der Waals surface area (Å²) in [6.07, 6.45) is 1.49. The molecule has 1 N–H and O–H groups in total. The molecule has 0 saturated carbocycles. The molecule has 0 aliphatic carbocycles. The molecule has 5 nitrogen and oxygen atoms in total. The first-order valence-corrected chi connectivity index (χ1v) is 10.9. The molecule has 0 radical (unpaired) electrons. The van der Waals surface area contributed by atoms with Crippen molar-refractivity contribution in [3.8, 4) is 0 Å². The monoisotopic (exact) mass is 445 g/mol. The number of nitrogens with one attached hydrogen (secondary N) is 1. The van der Waals surface area contributed by atoms with Gasteiger partial charge in [-0.25, -0.2) is 4.39 Å². The van der Waals surface area contributed by atoms with Crippen molar-refractivity contribution in [2.75, 3.05) is 4.90 Å². The SMILES string of the molecule is O=C(NCc1ccccc1)[C@@H](c1cccs1)N(C(=O)c1ccccn1)c1ccccc1F. The Morgan fingerprint density at radius 2 is 1.69 bits per heavy atom. The molecular weight excluding hydrogens is 425 g/mol. The van der Waals surface area contributed by atoms with Crippen LogP contribution in [0.3, 0.4) is 0 Å². The summed E-state index contributed by atoms with van der Waals surface area (Å²) in [6, 6.07) is 22.8. The number of pyridine rings is 1. The van der Waals surface area contributed by atoms with Crippen LogP contribution >= 0.6 is 11.3 Å². The minimum atomic E-state index is -1.06. The van der Waals surface area contributed by atoms with E-state index in [-0.39, 0.29) is 17.9 Å². The van der Waals surface area contributed by atoms with Gasteiger partial charge in [0.1, 0.15) is 11.5 Å². The fraction of sp³-hybridized carbons (Fsp3) is 0.0800. The number of amides is 2. The summed E-state index contributed by atoms with van der Waals surface area (Å²) in [4.78, 5) is 32.9. The van der Waals surface area contributed by atoms with Crippen LogP contribution < -0.4 is 10.2 Å². The number of carbonyl (C=O) groups is 2. The Hall–Kier alpha value is -3.84. The Morgan fingerprint density at radius 3 is 2.38 bits per heavy atom. The number of aromatic nitrogens is 1. The molecule has 0 fully saturated rings. The maximum absolute atomic E-state index is 14.9. The summed E-state index contributed by atoms with van der Waals surface area (Å²) in [5.41, 5.74) is 1.05. The Balaban J connectivity index is 1.76. The molecule has 4 rings (SSSR count). The molecule has 160 valence electrons. The van der Waals surface area contributed by atoms with Gasteiger partial charge in [0.2, 0.25) is 5.91 Å². The topological polar surface area (TPSA) is 62.3 Å². The number of para-hydroxylation sites is 1. The van der Waals surface area contributed by atoms with Crippen molar-refractivity contribution >= 4 is 28.8 Å². The summed E-state index contributed by atoms with van der Waals surface area (Å²) in [7, 11) is 0. The third kappa shape index (κ3) is 4.73. The van der Waals surface area contributed by atoms with E-state index in [0.717, 1.165) is 5.56 Å². The van der Waals surface area contributed by atoms with Gasteiger partial charge in [-0.1, -0.05) is 54.6 Å². The fourth-order valence-corrected chi connectivity index (χ4v) is 4.14. The number of nitrogens with zero attached hydrogens (tertiary/aromatic N) is 2. The van der Waals surface area contributed by atoms with Crippen LogP contribution in [0.1, 0.15) is 27.0 Å². The van der Waals surface area contributed by atoms with Crippen LogP contribution in [0.4, 0.5) is 10.1 Å². The highest BCUT2D eigenvalue weighted by atomic mass is 32.1. The first kappa shape index (κ1) is 21.4. The Morgan fingerprint density at radius 1 is 0.938 bits per heavy atom. The first-order valence-electron chi connectivity index (χ1n) is 9.99. The number of benzene rings is 2. The van der Waals surface area contributed by atoms with Crippen LogP contribution in [0.2, 0.25) is 0 Å². The summed E-state index contributed by atoms with van der Waals surface area (Å²) in [6.45, 7) is 0.282. The van der Waals surface area contributed by atoms with Crippen LogP contribution in [0.25, 0.3) is 0 Å². The Bertz CT molecular complexity index is 1180. The highest BCUT2D eigenvalue weighted by Crippen LogP contribution is 2.33. The minimum absolute atomic E-state index is 0.0106. The van der Waals surface area contributed by atoms with E-state index in [9.17, 15) is 14.0 Å². The maximum atomic E-state index is 14.9. The molecular formula is C25H20FN3O2S. The van der Waals surface area contributed by atoms with E-state index in [2.05, 4.69) is 10.3 Å². The Labute approximate surface area is 189 Å². The van der Waals surface area contributed by atoms with Crippen molar-refractivity contribution in [2.45, 2.75) is 12.6 Å². The number of halogens is 1. The highest BCUT2D eigenvalue weighted by Gasteiger charge is 2.35. The van der Waals surface area contributed by atoms with Crippen LogP contribution in [0.5, 0.6) is 0 Å². The molecule has 4 aromatic rings. The lowest BCUT2D eigenvalue weighted by Crippen LogP contribution is -2.44. The van der Waals surface area contributed by atoms with Crippen molar-refractivity contribution in [1.29, 1.82) is 0 Å². The summed E-state index contributed by atoms with van der Waals surface area (Å²) >= 11 is 1.32. The van der Waals surface area contributed by atoms with Gasteiger partial charge in [-0.3, -0.25) is 19.5 Å². The summed E-state index contributed by atoms with van der Waals surface area (Å²) < 4.78 is 14.9. The average Bonchev–Trinajstić information content (AvgIpc) is 3.37. The van der Waals surface area contributed by atoms with Gasteiger partial charge in [0.05, 0.1) is 5.69 Å². The first-order chi connectivity index (χ1) is 15.6. The zero-order chi connectivity index (χ0) is 22.3. The predicted molar refractivity (Wildman–Crippen MR) is 123 cm³/mol. The van der Waals surface area contributed by atoms with Crippen LogP contribution in [-0.4, -0.2) is 16.8 Å². The van der Waals surface area contributed by atoms with Crippen molar-refractivity contribution in [3.63, 3.8) is 0 Å². The van der Waals surface area contributed by atoms with Gasteiger partial charge in [0.25, 0.3) is 5.91 Å². The second-order valence-corrected chi connectivity index (χ2v) is 7.94. The number of rotatable bonds is 7. The van der Waals surface area contributed by atoms with Crippen molar-refractivity contribution in [3.05, 3.63) is 118 Å². The molecule has 2 amide bonds. The smallest absolute Gasteiger partial charge is 0.277 e. The van der Waals surface area contributed by atoms with E-state index >= 15 is 0 Å². The molecule has 0 aliphatic rings. The van der Waals surface area contributed by atoms with Crippen LogP contribution in [0.15, 0.2) is 96.5 Å². The van der Waals surface area contributed by atoms with Crippen molar-refractivity contribution in [2.24, 2.45) is 0 Å². The average molecular weight is 446 g/mol. The van der Waals surface area contributed by atoms with Gasteiger partial charge >= 0.3 is 0 Å². The number of hydrogen-bond donors (Lipinski definition) is 1. The van der Waals surface area contributed by atoms with E-state index in [1.807, 2.05) is 35.7 Å². The maximum Gasteiger partial charge on any atom is 0.277 e. The zero-order valence-corrected chi connectivity index (χ0v) is 17.8. The molecule has 2 aromatic heterocycles. The van der Waals surface area contributed by atoms with Gasteiger partial charge in [-0.2, -0.15) is 0 Å². The van der Waals surface area contributed by atoms with Gasteiger partial charge in [0, 0.05) is 17.6 Å². The minimum Gasteiger partial charge on any atom is -0.350 e. The van der Waals surface area contributed by atoms with Gasteiger partial charge in [-0.15, -0.1) is 11.3 Å². The summed E-state index contributed by atoms with van der Waals surface area (Å²) in [5.74, 6) is -1.58. The van der Waals surface area contributed by atoms with E-state index in [0.29, 0.717) is 4.88 Å². The lowest BCUT2D eigenvalue weighted by atomic mass is 10.1. The van der Waals surface area contributed by atoms with Crippen LogP contribution in [-0.2, 0) is 11.3 Å². The molecule has 1 atom stereocenters. The van der Waals surface area contributed by atoms with E-state index < -0.39 is 23.7 Å². The molecule has 0 unspecified atom stereocenters. The molecule has 0 bridgehead atoms. The van der Waals surface area contributed by atoms with Gasteiger partial charge in [0.15, 0.2) is 6.04 Å². The fourth-order valence-electron chi connectivity index (χ4n) is 3.33. The third-order valence-electron chi connectivity index (χ3n) is 4.84. The molecule has 0 spiro atoms. The van der Waals surface area contributed by atoms with E-state index in [1.54, 1.807) is 36.4 Å². The van der Waals surface area contributed by atoms with Crippen molar-refractivity contribution in [1.82, 2.24) is 10.3 Å². The summed E-state index contributed by atoms with van der Waals surface area (Å²) in [5, 5.41) is 4.71. The van der Waals surface area contributed by atoms with Crippen LogP contribution in [0, 0.1) is 5.82 Å². The van der Waals surface area contributed by atoms with E-state index in [4.69, 9.17) is 0 Å². The Kier molecular flexibility index (Phi) is 6.67. The lowest BCUT2D eigenvalue weighted by Gasteiger charge is -2.30. The largest absolute Gasteiger partial charge is 0.350 e. The number of thiophene rings is 1.